The number of likely N-dealkylation sites (N-methyl/N-ethyl adjacent to an activating group) is 1. The molecule has 1 N–H and O–H groups in total. The van der Waals surface area contributed by atoms with E-state index in [1.165, 1.54) is 0 Å². The zero-order valence-corrected chi connectivity index (χ0v) is 19.3. The highest BCUT2D eigenvalue weighted by Gasteiger charge is 2.22. The summed E-state index contributed by atoms with van der Waals surface area (Å²) in [6, 6.07) is 22.3. The van der Waals surface area contributed by atoms with Crippen LogP contribution in [0.1, 0.15) is 27.4 Å². The van der Waals surface area contributed by atoms with Gasteiger partial charge in [-0.2, -0.15) is 0 Å². The van der Waals surface area contributed by atoms with E-state index < -0.39 is 0 Å². The maximum absolute atomic E-state index is 13.2. The van der Waals surface area contributed by atoms with Gasteiger partial charge in [0.05, 0.1) is 27.2 Å². The first-order chi connectivity index (χ1) is 16.0. The number of carbonyl (C=O) groups is 2. The van der Waals surface area contributed by atoms with E-state index in [0.717, 1.165) is 27.0 Å². The van der Waals surface area contributed by atoms with Crippen LogP contribution < -0.4 is 5.32 Å². The van der Waals surface area contributed by atoms with Crippen molar-refractivity contribution in [1.82, 2.24) is 9.88 Å². The molecule has 1 aromatic heterocycles. The van der Waals surface area contributed by atoms with Crippen molar-refractivity contribution in [2.24, 2.45) is 0 Å². The third-order valence-electron chi connectivity index (χ3n) is 5.22. The lowest BCUT2D eigenvalue weighted by Crippen LogP contribution is -2.30. The minimum Gasteiger partial charge on any atom is -0.457 e. The molecular weight excluding hydrogens is 434 g/mol. The molecule has 0 aliphatic carbocycles. The molecule has 1 atom stereocenters. The monoisotopic (exact) mass is 459 g/mol. The Morgan fingerprint density at radius 2 is 1.79 bits per heavy atom. The molecule has 0 aliphatic rings. The van der Waals surface area contributed by atoms with Gasteiger partial charge in [-0.25, -0.2) is 9.78 Å². The van der Waals surface area contributed by atoms with Gasteiger partial charge in [-0.15, -0.1) is 11.3 Å². The molecule has 0 radical (unpaired) electrons. The summed E-state index contributed by atoms with van der Waals surface area (Å²) in [5.74, 6) is -0.781. The number of nitrogens with zero attached hydrogens (tertiary/aromatic N) is 2. The largest absolute Gasteiger partial charge is 0.457 e. The summed E-state index contributed by atoms with van der Waals surface area (Å²) < 4.78 is 6.44. The van der Waals surface area contributed by atoms with Crippen LogP contribution in [0.5, 0.6) is 0 Å². The molecule has 1 amide bonds. The Morgan fingerprint density at radius 1 is 1.03 bits per heavy atom. The number of fused-ring (bicyclic) bond motifs is 1. The van der Waals surface area contributed by atoms with Crippen LogP contribution >= 0.6 is 11.3 Å². The zero-order chi connectivity index (χ0) is 23.2. The molecule has 0 fully saturated rings. The van der Waals surface area contributed by atoms with Crippen molar-refractivity contribution in [2.45, 2.75) is 12.5 Å². The fraction of sp³-hybridized carbons (Fsp3) is 0.192. The molecule has 4 aromatic rings. The molecule has 1 heterocycles. The molecule has 168 valence electrons. The zero-order valence-electron chi connectivity index (χ0n) is 18.5. The average molecular weight is 460 g/mol. The number of hydrogen-bond donors (Lipinski definition) is 1. The third-order valence-corrected chi connectivity index (χ3v) is 6.02. The minimum atomic E-state index is -0.359. The van der Waals surface area contributed by atoms with Gasteiger partial charge in [-0.05, 0) is 55.6 Å². The van der Waals surface area contributed by atoms with Gasteiger partial charge in [0.25, 0.3) is 0 Å². The molecule has 0 bridgehead atoms. The van der Waals surface area contributed by atoms with E-state index in [-0.39, 0.29) is 24.4 Å². The van der Waals surface area contributed by atoms with Gasteiger partial charge in [-0.3, -0.25) is 4.79 Å². The summed E-state index contributed by atoms with van der Waals surface area (Å²) in [6.07, 6.45) is 0. The van der Waals surface area contributed by atoms with E-state index in [0.29, 0.717) is 12.1 Å². The number of aromatic nitrogens is 1. The second kappa shape index (κ2) is 10.4. The lowest BCUT2D eigenvalue weighted by Gasteiger charge is -2.21. The Kier molecular flexibility index (Phi) is 7.12. The second-order valence-electron chi connectivity index (χ2n) is 8.02. The van der Waals surface area contributed by atoms with Gasteiger partial charge in [-0.1, -0.05) is 42.5 Å². The van der Waals surface area contributed by atoms with Crippen molar-refractivity contribution in [3.63, 3.8) is 0 Å². The second-order valence-corrected chi connectivity index (χ2v) is 8.91. The number of anilines is 1. The van der Waals surface area contributed by atoms with Crippen LogP contribution in [0.3, 0.4) is 0 Å². The van der Waals surface area contributed by atoms with Crippen LogP contribution in [-0.4, -0.2) is 42.4 Å². The SMILES string of the molecule is CN(C)CC(C(=O)Nc1ccc2ncsc2c1)c1ccc(COC(=O)c2ccccc2)cc1. The summed E-state index contributed by atoms with van der Waals surface area (Å²) in [6.45, 7) is 0.740. The number of esters is 1. The number of nitrogens with one attached hydrogen (secondary N) is 1. The van der Waals surface area contributed by atoms with E-state index in [1.807, 2.05) is 67.5 Å². The summed E-state index contributed by atoms with van der Waals surface area (Å²) in [5.41, 5.74) is 5.76. The molecule has 3 aromatic carbocycles. The lowest BCUT2D eigenvalue weighted by molar-refractivity contribution is -0.117. The summed E-state index contributed by atoms with van der Waals surface area (Å²) in [5, 5.41) is 3.04. The maximum Gasteiger partial charge on any atom is 0.338 e. The van der Waals surface area contributed by atoms with Crippen molar-refractivity contribution >= 4 is 39.1 Å². The fourth-order valence-electron chi connectivity index (χ4n) is 3.52. The first-order valence-electron chi connectivity index (χ1n) is 10.6. The Labute approximate surface area is 196 Å². The molecule has 6 nitrogen and oxygen atoms in total. The minimum absolute atomic E-state index is 0.0733. The Bertz CT molecular complexity index is 1240. The van der Waals surface area contributed by atoms with Gasteiger partial charge < -0.3 is 15.0 Å². The lowest BCUT2D eigenvalue weighted by atomic mass is 9.96. The van der Waals surface area contributed by atoms with E-state index in [1.54, 1.807) is 41.1 Å². The van der Waals surface area contributed by atoms with Crippen LogP contribution in [0.15, 0.2) is 78.3 Å². The van der Waals surface area contributed by atoms with Crippen molar-refractivity contribution in [2.75, 3.05) is 26.0 Å². The molecular formula is C26H25N3O3S. The van der Waals surface area contributed by atoms with Gasteiger partial charge in [0, 0.05) is 12.2 Å². The Balaban J connectivity index is 1.43. The van der Waals surface area contributed by atoms with E-state index >= 15 is 0 Å². The number of benzene rings is 3. The number of amides is 1. The topological polar surface area (TPSA) is 71.5 Å². The number of rotatable bonds is 8. The summed E-state index contributed by atoms with van der Waals surface area (Å²) in [7, 11) is 3.89. The van der Waals surface area contributed by atoms with Gasteiger partial charge in [0.2, 0.25) is 5.91 Å². The van der Waals surface area contributed by atoms with Gasteiger partial charge in [0.1, 0.15) is 6.61 Å². The smallest absolute Gasteiger partial charge is 0.338 e. The number of hydrogen-bond acceptors (Lipinski definition) is 6. The van der Waals surface area contributed by atoms with Crippen molar-refractivity contribution in [3.05, 3.63) is 95.0 Å². The highest BCUT2D eigenvalue weighted by atomic mass is 32.1. The number of carbonyl (C=O) groups excluding carboxylic acids is 2. The van der Waals surface area contributed by atoms with Crippen LogP contribution in [-0.2, 0) is 16.1 Å². The highest BCUT2D eigenvalue weighted by Crippen LogP contribution is 2.24. The van der Waals surface area contributed by atoms with Gasteiger partial charge >= 0.3 is 5.97 Å². The van der Waals surface area contributed by atoms with Crippen LogP contribution in [0.25, 0.3) is 10.2 Å². The number of ether oxygens (including phenoxy) is 1. The fourth-order valence-corrected chi connectivity index (χ4v) is 4.24. The van der Waals surface area contributed by atoms with Crippen molar-refractivity contribution < 1.29 is 14.3 Å². The molecule has 33 heavy (non-hydrogen) atoms. The van der Waals surface area contributed by atoms with E-state index in [2.05, 4.69) is 10.3 Å². The molecule has 0 spiro atoms. The summed E-state index contributed by atoms with van der Waals surface area (Å²) >= 11 is 1.54. The molecule has 7 heteroatoms. The Morgan fingerprint density at radius 3 is 2.52 bits per heavy atom. The quantitative estimate of drug-likeness (QED) is 0.378. The van der Waals surface area contributed by atoms with Crippen LogP contribution in [0.4, 0.5) is 5.69 Å². The van der Waals surface area contributed by atoms with Crippen LogP contribution in [0.2, 0.25) is 0 Å². The predicted molar refractivity (Wildman–Crippen MR) is 132 cm³/mol. The van der Waals surface area contributed by atoms with E-state index in [9.17, 15) is 9.59 Å². The average Bonchev–Trinajstić information content (AvgIpc) is 3.30. The van der Waals surface area contributed by atoms with E-state index in [4.69, 9.17) is 4.74 Å². The summed E-state index contributed by atoms with van der Waals surface area (Å²) in [4.78, 5) is 31.6. The first kappa shape index (κ1) is 22.6. The Hall–Kier alpha value is -3.55. The normalized spacial score (nSPS) is 12.0. The highest BCUT2D eigenvalue weighted by molar-refractivity contribution is 7.16. The first-order valence-corrected chi connectivity index (χ1v) is 11.5. The predicted octanol–water partition coefficient (Wildman–Crippen LogP) is 4.94. The van der Waals surface area contributed by atoms with Crippen molar-refractivity contribution in [1.29, 1.82) is 0 Å². The third kappa shape index (κ3) is 5.83. The molecule has 0 aliphatic heterocycles. The number of thiazole rings is 1. The van der Waals surface area contributed by atoms with Gasteiger partial charge in [0.15, 0.2) is 0 Å². The maximum atomic E-state index is 13.2. The molecule has 0 saturated heterocycles. The van der Waals surface area contributed by atoms with Crippen LogP contribution in [0, 0.1) is 0 Å². The standard InChI is InChI=1S/C26H25N3O3S/c1-29(2)15-22(25(30)28-21-12-13-23-24(14-21)33-17-27-23)19-10-8-18(9-11-19)16-32-26(31)20-6-4-3-5-7-20/h3-14,17,22H,15-16H2,1-2H3,(H,28,30). The molecule has 4 rings (SSSR count). The molecule has 0 saturated carbocycles. The van der Waals surface area contributed by atoms with Crippen molar-refractivity contribution in [3.8, 4) is 0 Å². The molecule has 1 unspecified atom stereocenters.